The van der Waals surface area contributed by atoms with E-state index in [1.807, 2.05) is 55.4 Å². The molecule has 10 amide bonds. The molecule has 2 aromatic rings. The smallest absolute Gasteiger partial charge is 0.289 e. The Kier molecular flexibility index (Phi) is 25.6. The summed E-state index contributed by atoms with van der Waals surface area (Å²) in [6, 6.07) is -7.03. The molecule has 538 valence electrons. The molecule has 10 rings (SSSR count). The highest BCUT2D eigenvalue weighted by molar-refractivity contribution is 6.38. The second-order valence-corrected chi connectivity index (χ2v) is 31.2. The summed E-state index contributed by atoms with van der Waals surface area (Å²) in [6.07, 6.45) is 26.7. The van der Waals surface area contributed by atoms with Gasteiger partial charge in [-0.05, 0) is 136 Å². The van der Waals surface area contributed by atoms with Crippen LogP contribution in [0.2, 0.25) is 0 Å². The van der Waals surface area contributed by atoms with Gasteiger partial charge in [0.1, 0.15) is 47.6 Å². The van der Waals surface area contributed by atoms with Gasteiger partial charge in [-0.3, -0.25) is 62.7 Å². The first-order valence-corrected chi connectivity index (χ1v) is 36.6. The highest BCUT2D eigenvalue weighted by Gasteiger charge is 2.55. The van der Waals surface area contributed by atoms with Crippen molar-refractivity contribution in [2.75, 3.05) is 13.1 Å². The normalized spacial score (nSPS) is 24.6. The highest BCUT2D eigenvalue weighted by atomic mass is 16.3. The van der Waals surface area contributed by atoms with Gasteiger partial charge in [0.25, 0.3) is 23.6 Å². The molecule has 0 radical (unpaired) electrons. The van der Waals surface area contributed by atoms with E-state index in [9.17, 15) is 57.8 Å². The molecule has 8 fully saturated rings. The summed E-state index contributed by atoms with van der Waals surface area (Å²) in [7, 11) is 0. The Bertz CT molecular complexity index is 3140. The van der Waals surface area contributed by atoms with Crippen LogP contribution in [0.5, 0.6) is 0 Å². The first-order valence-electron chi connectivity index (χ1n) is 36.6. The maximum absolute atomic E-state index is 14.6. The zero-order valence-corrected chi connectivity index (χ0v) is 58.8. The number of ketones is 1. The van der Waals surface area contributed by atoms with E-state index in [1.165, 1.54) is 37.2 Å². The average molecular weight is 1360 g/mol. The molecule has 26 heteroatoms. The van der Waals surface area contributed by atoms with Gasteiger partial charge in [-0.2, -0.15) is 0 Å². The molecule has 9 N–H and O–H groups in total. The number of aromatic nitrogens is 4. The maximum Gasteiger partial charge on any atom is 0.289 e. The number of likely N-dealkylation sites (tertiary alicyclic amines) is 2. The fourth-order valence-electron chi connectivity index (χ4n) is 15.9. The van der Waals surface area contributed by atoms with Crippen molar-refractivity contribution in [3.63, 3.8) is 0 Å². The third-order valence-corrected chi connectivity index (χ3v) is 21.5. The molecular weight excluding hydrogens is 1250 g/mol. The molecule has 0 unspecified atom stereocenters. The van der Waals surface area contributed by atoms with Crippen LogP contribution in [-0.2, 0) is 43.2 Å². The lowest BCUT2D eigenvalue weighted by Gasteiger charge is -2.38. The maximum atomic E-state index is 14.6. The first-order chi connectivity index (χ1) is 46.8. The van der Waals surface area contributed by atoms with Gasteiger partial charge < -0.3 is 57.4 Å². The Morgan fingerprint density at radius 3 is 1.32 bits per heavy atom. The Morgan fingerprint density at radius 1 is 0.490 bits per heavy atom. The van der Waals surface area contributed by atoms with Crippen molar-refractivity contribution >= 4 is 64.9 Å². The van der Waals surface area contributed by atoms with Crippen LogP contribution >= 0.6 is 0 Å². The minimum Gasteiger partial charge on any atom is -0.381 e. The second-order valence-electron chi connectivity index (χ2n) is 31.2. The number of nitrogens with zero attached hydrogens (tertiary/aromatic N) is 6. The lowest BCUT2D eigenvalue weighted by Crippen LogP contribution is -2.62. The van der Waals surface area contributed by atoms with Gasteiger partial charge >= 0.3 is 0 Å². The van der Waals surface area contributed by atoms with E-state index in [0.717, 1.165) is 128 Å². The molecule has 0 spiro atoms. The number of carbonyl (C=O) groups is 11. The summed E-state index contributed by atoms with van der Waals surface area (Å²) >= 11 is 0. The van der Waals surface area contributed by atoms with E-state index in [2.05, 4.69) is 62.5 Å². The van der Waals surface area contributed by atoms with E-state index in [-0.39, 0.29) is 76.7 Å². The van der Waals surface area contributed by atoms with E-state index >= 15 is 0 Å². The standard InChI is InChI=1S/C36H55N7O6.C36H53N7O6/c2*1-5-10-25(29(44)34(48)39-23-15-16-23)40-33(47)28-24-14-9-13-22(24)20-43(28)35(49)30(36(2,3)4)42-32(46)27(21-11-7-6-8-12-21)41-31(45)26-19-37-17-18-38-26/h17-19,21-25,27-30,44H,5-16,20H2,1-4H3,(H,39,48)(H,40,47)(H,41,45)(H,42,46);17-19,21-25,27-28,30H,5-16,20H2,1-4H3,(H,39,48)(H,40,47)(H,41,45)(H,42,46)/t22-,24-,25-,27-,28-,29-,30+;22-,24-,25-,27-,28-,30+/m00/s1. The fraction of sp³-hybridized carbons (Fsp3) is 0.736. The summed E-state index contributed by atoms with van der Waals surface area (Å²) in [5.41, 5.74) is -1.26. The van der Waals surface area contributed by atoms with Crippen molar-refractivity contribution < 1.29 is 57.8 Å². The van der Waals surface area contributed by atoms with E-state index in [4.69, 9.17) is 0 Å². The number of aliphatic hydroxyl groups is 1. The first kappa shape index (κ1) is 74.7. The van der Waals surface area contributed by atoms with E-state index < -0.39 is 112 Å². The summed E-state index contributed by atoms with van der Waals surface area (Å²) in [5.74, 6) is -5.38. The SMILES string of the molecule is CCC[C@H](NC(=O)[C@@H]1[C@H]2CCC[C@H]2CN1C(=O)[C@@H](NC(=O)[C@@H](NC(=O)c1cnccn1)C1CCCCC1)C(C)(C)C)C(=O)C(=O)NC1CC1.CCC[C@H](NC(=O)[C@@H]1[C@H]2CCC[C@H]2CN1C(=O)[C@@H](NC(=O)[C@@H](NC(=O)c1cnccn1)C1CCCCC1)C(C)(C)C)[C@H](O)C(=O)NC1CC1. The molecular formula is C72H108N14O12. The summed E-state index contributed by atoms with van der Waals surface area (Å²) < 4.78 is 0. The number of nitrogens with one attached hydrogen (secondary N) is 8. The number of fused-ring (bicyclic) bond motifs is 2. The zero-order chi connectivity index (χ0) is 70.6. The van der Waals surface area contributed by atoms with Gasteiger partial charge in [0.05, 0.1) is 24.5 Å². The minimum atomic E-state index is -1.40. The number of hydrogen-bond acceptors (Lipinski definition) is 16. The van der Waals surface area contributed by atoms with Crippen LogP contribution in [0.3, 0.4) is 0 Å². The summed E-state index contributed by atoms with van der Waals surface area (Å²) in [6.45, 7) is 15.8. The average Bonchev–Trinajstić information content (AvgIpc) is 1.61. The molecule has 6 saturated carbocycles. The topological polar surface area (TPSA) is 362 Å². The second kappa shape index (κ2) is 33.6. The molecule has 2 aliphatic heterocycles. The number of Topliss-reactive ketones (excluding diaryl/α,β-unsaturated/α-hetero) is 1. The van der Waals surface area contributed by atoms with Gasteiger partial charge in [-0.1, -0.05) is 120 Å². The van der Waals surface area contributed by atoms with Crippen molar-refractivity contribution in [3.05, 3.63) is 48.6 Å². The van der Waals surface area contributed by atoms with Crippen LogP contribution in [0.25, 0.3) is 0 Å². The van der Waals surface area contributed by atoms with E-state index in [1.54, 1.807) is 9.80 Å². The molecule has 26 nitrogen and oxygen atoms in total. The van der Waals surface area contributed by atoms with Gasteiger partial charge in [-0.15, -0.1) is 0 Å². The predicted molar refractivity (Wildman–Crippen MR) is 362 cm³/mol. The molecule has 13 atom stereocenters. The lowest BCUT2D eigenvalue weighted by molar-refractivity contribution is -0.146. The number of amides is 10. The van der Waals surface area contributed by atoms with Crippen LogP contribution < -0.4 is 42.5 Å². The van der Waals surface area contributed by atoms with Crippen LogP contribution in [0, 0.1) is 46.3 Å². The number of hydrogen-bond donors (Lipinski definition) is 9. The van der Waals surface area contributed by atoms with Crippen molar-refractivity contribution in [2.24, 2.45) is 46.3 Å². The lowest BCUT2D eigenvalue weighted by atomic mass is 9.82. The molecule has 4 heterocycles. The van der Waals surface area contributed by atoms with Crippen molar-refractivity contribution in [3.8, 4) is 0 Å². The van der Waals surface area contributed by atoms with Crippen LogP contribution in [-0.4, -0.2) is 179 Å². The number of rotatable bonds is 26. The van der Waals surface area contributed by atoms with Gasteiger partial charge in [0.2, 0.25) is 41.2 Å². The third-order valence-electron chi connectivity index (χ3n) is 21.5. The van der Waals surface area contributed by atoms with Crippen molar-refractivity contribution in [1.82, 2.24) is 72.3 Å². The Labute approximate surface area is 576 Å². The molecule has 0 aromatic carbocycles. The molecule has 98 heavy (non-hydrogen) atoms. The monoisotopic (exact) mass is 1360 g/mol. The van der Waals surface area contributed by atoms with Crippen LogP contribution in [0.4, 0.5) is 0 Å². The predicted octanol–water partition coefficient (Wildman–Crippen LogP) is 4.68. The number of carbonyl (C=O) groups excluding carboxylic acids is 11. The van der Waals surface area contributed by atoms with Crippen LogP contribution in [0.15, 0.2) is 37.2 Å². The van der Waals surface area contributed by atoms with Crippen molar-refractivity contribution in [2.45, 2.75) is 276 Å². The molecule has 2 aromatic heterocycles. The van der Waals surface area contributed by atoms with Crippen molar-refractivity contribution in [1.29, 1.82) is 0 Å². The largest absolute Gasteiger partial charge is 0.381 e. The van der Waals surface area contributed by atoms with Gasteiger partial charge in [-0.25, -0.2) is 9.97 Å². The minimum absolute atomic E-state index is 0.0132. The Balaban J connectivity index is 0.000000229. The fourth-order valence-corrected chi connectivity index (χ4v) is 15.9. The Hall–Kier alpha value is -7.51. The number of aliphatic hydroxyl groups excluding tert-OH is 1. The quantitative estimate of drug-likeness (QED) is 0.0577. The third kappa shape index (κ3) is 19.1. The highest BCUT2D eigenvalue weighted by Crippen LogP contribution is 2.45. The van der Waals surface area contributed by atoms with E-state index in [0.29, 0.717) is 38.8 Å². The molecule has 8 aliphatic rings. The van der Waals surface area contributed by atoms with Gasteiger partial charge in [0, 0.05) is 50.0 Å². The zero-order valence-electron chi connectivity index (χ0n) is 58.8. The van der Waals surface area contributed by atoms with Crippen LogP contribution in [0.1, 0.15) is 230 Å². The Morgan fingerprint density at radius 2 is 0.918 bits per heavy atom. The molecule has 0 bridgehead atoms. The summed E-state index contributed by atoms with van der Waals surface area (Å²) in [4.78, 5) is 170. The summed E-state index contributed by atoms with van der Waals surface area (Å²) in [5, 5.41) is 34.1. The molecule has 2 saturated heterocycles. The van der Waals surface area contributed by atoms with Gasteiger partial charge in [0.15, 0.2) is 6.10 Å². The molecule has 6 aliphatic carbocycles.